The Hall–Kier alpha value is -2.27. The van der Waals surface area contributed by atoms with Gasteiger partial charge in [0.15, 0.2) is 0 Å². The van der Waals surface area contributed by atoms with Crippen molar-refractivity contribution in [3.8, 4) is 0 Å². The van der Waals surface area contributed by atoms with E-state index in [1.807, 2.05) is 36.1 Å². The van der Waals surface area contributed by atoms with Gasteiger partial charge in [-0.25, -0.2) is 0 Å². The first-order chi connectivity index (χ1) is 17.8. The largest absolute Gasteiger partial charge is 0.396 e. The summed E-state index contributed by atoms with van der Waals surface area (Å²) in [5.74, 6) is -1.91. The van der Waals surface area contributed by atoms with E-state index in [-0.39, 0.29) is 24.3 Å². The number of carbonyl (C=O) groups is 3. The minimum absolute atomic E-state index is 0.0949. The van der Waals surface area contributed by atoms with Crippen LogP contribution in [0.3, 0.4) is 0 Å². The first-order valence-corrected chi connectivity index (χ1v) is 13.6. The number of likely N-dealkylation sites (N-methyl/N-ethyl adjacent to an activating group) is 1. The van der Waals surface area contributed by atoms with Crippen molar-refractivity contribution in [2.45, 2.75) is 43.4 Å². The van der Waals surface area contributed by atoms with E-state index in [9.17, 15) is 19.5 Å². The van der Waals surface area contributed by atoms with Gasteiger partial charge in [0.2, 0.25) is 17.7 Å². The van der Waals surface area contributed by atoms with E-state index in [1.165, 1.54) is 0 Å². The number of amides is 3. The molecule has 204 valence electrons. The minimum atomic E-state index is -1.20. The van der Waals surface area contributed by atoms with E-state index in [4.69, 9.17) is 9.47 Å². The monoisotopic (exact) mass is 516 g/mol. The first kappa shape index (κ1) is 26.3. The van der Waals surface area contributed by atoms with Crippen molar-refractivity contribution >= 4 is 17.7 Å². The molecule has 0 aromatic rings. The van der Waals surface area contributed by atoms with Crippen molar-refractivity contribution in [2.24, 2.45) is 11.8 Å². The summed E-state index contributed by atoms with van der Waals surface area (Å²) >= 11 is 0. The van der Waals surface area contributed by atoms with Crippen molar-refractivity contribution < 1.29 is 29.0 Å². The van der Waals surface area contributed by atoms with Gasteiger partial charge >= 0.3 is 0 Å². The maximum absolute atomic E-state index is 14.2. The number of hydrogen-bond donors (Lipinski definition) is 1. The normalized spacial score (nSPS) is 36.0. The highest BCUT2D eigenvalue weighted by Gasteiger charge is 2.74. The molecule has 1 unspecified atom stereocenters. The molecular weight excluding hydrogens is 476 g/mol. The van der Waals surface area contributed by atoms with E-state index in [0.29, 0.717) is 52.2 Å². The highest BCUT2D eigenvalue weighted by Crippen LogP contribution is 2.57. The van der Waals surface area contributed by atoms with Crippen LogP contribution in [0.1, 0.15) is 26.2 Å². The fourth-order valence-corrected chi connectivity index (χ4v) is 6.79. The van der Waals surface area contributed by atoms with Crippen molar-refractivity contribution in [3.05, 3.63) is 24.3 Å². The smallest absolute Gasteiger partial charge is 0.249 e. The summed E-state index contributed by atoms with van der Waals surface area (Å²) in [7, 11) is 1.74. The summed E-state index contributed by atoms with van der Waals surface area (Å²) in [5.41, 5.74) is -2.17. The average molecular weight is 517 g/mol. The SMILES string of the molecule is CN1CC=C[C@]2(C)O[C@]34C=CCN(CCN5CCOCC5)C(=O)C3N(CCCCCO)C(=O)[C@@H]4[C@@H]2C1=O. The molecule has 5 atom stereocenters. The summed E-state index contributed by atoms with van der Waals surface area (Å²) < 4.78 is 12.2. The lowest BCUT2D eigenvalue weighted by atomic mass is 9.74. The summed E-state index contributed by atoms with van der Waals surface area (Å²) in [6.45, 7) is 7.62. The van der Waals surface area contributed by atoms with Crippen LogP contribution in [-0.4, -0.2) is 132 Å². The van der Waals surface area contributed by atoms with Gasteiger partial charge in [0.25, 0.3) is 0 Å². The second-order valence-corrected chi connectivity index (χ2v) is 11.1. The molecule has 5 aliphatic heterocycles. The van der Waals surface area contributed by atoms with Crippen LogP contribution in [0, 0.1) is 11.8 Å². The van der Waals surface area contributed by atoms with Gasteiger partial charge in [-0.15, -0.1) is 0 Å². The summed E-state index contributed by atoms with van der Waals surface area (Å²) in [5, 5.41) is 9.22. The van der Waals surface area contributed by atoms with E-state index < -0.39 is 29.1 Å². The second kappa shape index (κ2) is 10.5. The maximum atomic E-state index is 14.2. The number of aliphatic hydroxyl groups is 1. The molecule has 0 aromatic carbocycles. The van der Waals surface area contributed by atoms with Crippen LogP contribution in [0.2, 0.25) is 0 Å². The molecular formula is C27H40N4O6. The van der Waals surface area contributed by atoms with Gasteiger partial charge in [0.1, 0.15) is 11.6 Å². The molecule has 5 heterocycles. The predicted octanol–water partition coefficient (Wildman–Crippen LogP) is -0.121. The predicted molar refractivity (Wildman–Crippen MR) is 135 cm³/mol. The number of hydrogen-bond acceptors (Lipinski definition) is 7. The Bertz CT molecular complexity index is 965. The Morgan fingerprint density at radius 2 is 1.68 bits per heavy atom. The highest BCUT2D eigenvalue weighted by molar-refractivity contribution is 6.00. The molecule has 10 heteroatoms. The molecule has 0 bridgehead atoms. The van der Waals surface area contributed by atoms with Gasteiger partial charge in [0.05, 0.1) is 30.7 Å². The fraction of sp³-hybridized carbons (Fsp3) is 0.741. The van der Waals surface area contributed by atoms with Crippen molar-refractivity contribution in [1.82, 2.24) is 19.6 Å². The van der Waals surface area contributed by atoms with E-state index >= 15 is 0 Å². The van der Waals surface area contributed by atoms with Gasteiger partial charge < -0.3 is 29.3 Å². The Labute approximate surface area is 218 Å². The molecule has 0 radical (unpaired) electrons. The fourth-order valence-electron chi connectivity index (χ4n) is 6.79. The molecule has 5 aliphatic rings. The lowest BCUT2D eigenvalue weighted by molar-refractivity contribution is -0.152. The third kappa shape index (κ3) is 4.51. The van der Waals surface area contributed by atoms with Gasteiger partial charge in [-0.2, -0.15) is 0 Å². The zero-order valence-corrected chi connectivity index (χ0v) is 22.0. The topological polar surface area (TPSA) is 103 Å². The molecule has 0 aromatic heterocycles. The molecule has 1 spiro atoms. The molecule has 0 aliphatic carbocycles. The molecule has 37 heavy (non-hydrogen) atoms. The van der Waals surface area contributed by atoms with Gasteiger partial charge in [-0.05, 0) is 26.2 Å². The molecule has 1 N–H and O–H groups in total. The molecule has 3 amide bonds. The molecule has 5 rings (SSSR count). The third-order valence-electron chi connectivity index (χ3n) is 8.69. The van der Waals surface area contributed by atoms with Crippen LogP contribution in [0.25, 0.3) is 0 Å². The number of aliphatic hydroxyl groups excluding tert-OH is 1. The lowest BCUT2D eigenvalue weighted by Gasteiger charge is -2.38. The zero-order valence-electron chi connectivity index (χ0n) is 22.0. The Morgan fingerprint density at radius 1 is 0.919 bits per heavy atom. The van der Waals surface area contributed by atoms with Crippen LogP contribution in [0.15, 0.2) is 24.3 Å². The van der Waals surface area contributed by atoms with E-state index in [1.54, 1.807) is 16.8 Å². The molecule has 3 fully saturated rings. The van der Waals surface area contributed by atoms with Crippen molar-refractivity contribution in [2.75, 3.05) is 72.7 Å². The number of likely N-dealkylation sites (tertiary alicyclic amines) is 1. The number of ether oxygens (including phenoxy) is 2. The summed E-state index contributed by atoms with van der Waals surface area (Å²) in [4.78, 5) is 49.3. The number of nitrogens with zero attached hydrogens (tertiary/aromatic N) is 4. The summed E-state index contributed by atoms with van der Waals surface area (Å²) in [6.07, 6.45) is 9.74. The Morgan fingerprint density at radius 3 is 2.43 bits per heavy atom. The standard InChI is InChI=1S/C27H40N4O6/c1-26-8-6-10-28(2)23(33)20(26)21-24(34)31(12-4-3-5-17-32)22-25(35)30(11-7-9-27(21,22)37-26)14-13-29-15-18-36-19-16-29/h6-9,20-22,32H,3-5,10-19H2,1-2H3/t20-,21+,22?,26+,27+/m1/s1. The number of carbonyl (C=O) groups excluding carboxylic acids is 3. The number of morpholine rings is 1. The number of rotatable bonds is 8. The molecule has 0 saturated carbocycles. The summed E-state index contributed by atoms with van der Waals surface area (Å²) in [6, 6.07) is -0.821. The van der Waals surface area contributed by atoms with Crippen LogP contribution >= 0.6 is 0 Å². The van der Waals surface area contributed by atoms with Crippen LogP contribution in [0.5, 0.6) is 0 Å². The van der Waals surface area contributed by atoms with Crippen LogP contribution < -0.4 is 0 Å². The van der Waals surface area contributed by atoms with Crippen molar-refractivity contribution in [3.63, 3.8) is 0 Å². The van der Waals surface area contributed by atoms with E-state index in [2.05, 4.69) is 4.90 Å². The van der Waals surface area contributed by atoms with Crippen molar-refractivity contribution in [1.29, 1.82) is 0 Å². The Balaban J connectivity index is 1.47. The van der Waals surface area contributed by atoms with E-state index in [0.717, 1.165) is 26.1 Å². The molecule has 10 nitrogen and oxygen atoms in total. The second-order valence-electron chi connectivity index (χ2n) is 11.1. The highest BCUT2D eigenvalue weighted by atomic mass is 16.5. The maximum Gasteiger partial charge on any atom is 0.249 e. The number of unbranched alkanes of at least 4 members (excludes halogenated alkanes) is 2. The third-order valence-corrected chi connectivity index (χ3v) is 8.69. The zero-order chi connectivity index (χ0) is 26.2. The first-order valence-electron chi connectivity index (χ1n) is 13.6. The van der Waals surface area contributed by atoms with Gasteiger partial charge in [0, 0.05) is 59.5 Å². The minimum Gasteiger partial charge on any atom is -0.396 e. The quantitative estimate of drug-likeness (QED) is 0.354. The Kier molecular flexibility index (Phi) is 7.46. The number of fused-ring (bicyclic) bond motifs is 2. The van der Waals surface area contributed by atoms with Gasteiger partial charge in [-0.1, -0.05) is 24.3 Å². The average Bonchev–Trinajstić information content (AvgIpc) is 3.16. The van der Waals surface area contributed by atoms with Gasteiger partial charge in [-0.3, -0.25) is 19.3 Å². The van der Waals surface area contributed by atoms with Crippen LogP contribution in [-0.2, 0) is 23.9 Å². The molecule has 3 saturated heterocycles. The van der Waals surface area contributed by atoms with Crippen LogP contribution in [0.4, 0.5) is 0 Å². The lowest BCUT2D eigenvalue weighted by Crippen LogP contribution is -2.56.